The molecule has 7 heteroatoms. The van der Waals surface area contributed by atoms with Crippen molar-refractivity contribution in [3.63, 3.8) is 0 Å². The van der Waals surface area contributed by atoms with Crippen LogP contribution in [0.1, 0.15) is 37.9 Å². The van der Waals surface area contributed by atoms with Gasteiger partial charge in [0.25, 0.3) is 5.91 Å². The van der Waals surface area contributed by atoms with Gasteiger partial charge in [0, 0.05) is 11.9 Å². The highest BCUT2D eigenvalue weighted by molar-refractivity contribution is 6.33. The molecule has 2 N–H and O–H groups in total. The number of rotatable bonds is 4. The number of nitrogens with zero attached hydrogens (tertiary/aromatic N) is 1. The van der Waals surface area contributed by atoms with E-state index in [1.54, 1.807) is 19.9 Å². The lowest BCUT2D eigenvalue weighted by atomic mass is 10.2. The highest BCUT2D eigenvalue weighted by Crippen LogP contribution is 2.17. The van der Waals surface area contributed by atoms with Crippen LogP contribution in [-0.2, 0) is 6.54 Å². The molecule has 0 fully saturated rings. The fraction of sp³-hybridized carbons (Fsp3) is 0.214. The summed E-state index contributed by atoms with van der Waals surface area (Å²) < 4.78 is 5.27. The fourth-order valence-corrected chi connectivity index (χ4v) is 2.09. The Labute approximate surface area is 125 Å². The molecule has 0 aliphatic rings. The number of furan rings is 1. The van der Waals surface area contributed by atoms with E-state index in [2.05, 4.69) is 10.3 Å². The van der Waals surface area contributed by atoms with E-state index in [0.29, 0.717) is 22.2 Å². The third-order valence-electron chi connectivity index (χ3n) is 2.86. The average molecular weight is 309 g/mol. The summed E-state index contributed by atoms with van der Waals surface area (Å²) in [4.78, 5) is 26.9. The molecule has 21 heavy (non-hydrogen) atoms. The van der Waals surface area contributed by atoms with Gasteiger partial charge >= 0.3 is 5.97 Å². The second-order valence-electron chi connectivity index (χ2n) is 4.48. The van der Waals surface area contributed by atoms with E-state index in [-0.39, 0.29) is 17.7 Å². The van der Waals surface area contributed by atoms with Gasteiger partial charge < -0.3 is 14.8 Å². The second-order valence-corrected chi connectivity index (χ2v) is 4.88. The van der Waals surface area contributed by atoms with Gasteiger partial charge in [-0.2, -0.15) is 0 Å². The molecule has 0 saturated heterocycles. The summed E-state index contributed by atoms with van der Waals surface area (Å²) in [6.45, 7) is 3.39. The molecular formula is C14H13ClN2O4. The van der Waals surface area contributed by atoms with Crippen molar-refractivity contribution in [2.45, 2.75) is 20.4 Å². The number of hydrogen-bond acceptors (Lipinski definition) is 4. The van der Waals surface area contributed by atoms with Crippen LogP contribution in [0.4, 0.5) is 0 Å². The second kappa shape index (κ2) is 5.97. The molecule has 110 valence electrons. The van der Waals surface area contributed by atoms with E-state index < -0.39 is 11.9 Å². The average Bonchev–Trinajstić information content (AvgIpc) is 2.77. The van der Waals surface area contributed by atoms with Gasteiger partial charge in [-0.15, -0.1) is 0 Å². The van der Waals surface area contributed by atoms with Crippen LogP contribution in [0, 0.1) is 13.8 Å². The van der Waals surface area contributed by atoms with Crippen molar-refractivity contribution < 1.29 is 19.1 Å². The summed E-state index contributed by atoms with van der Waals surface area (Å²) in [5.41, 5.74) is 1.04. The first-order valence-electron chi connectivity index (χ1n) is 6.11. The number of carboxylic acids is 1. The number of carbonyl (C=O) groups is 2. The quantitative estimate of drug-likeness (QED) is 0.905. The Morgan fingerprint density at radius 1 is 1.33 bits per heavy atom. The van der Waals surface area contributed by atoms with Crippen LogP contribution in [0.15, 0.2) is 22.7 Å². The molecule has 2 aromatic heterocycles. The zero-order chi connectivity index (χ0) is 15.6. The predicted molar refractivity (Wildman–Crippen MR) is 75.6 cm³/mol. The lowest BCUT2D eigenvalue weighted by molar-refractivity contribution is 0.0694. The largest absolute Gasteiger partial charge is 0.478 e. The standard InChI is InChI=1S/C14H13ClN2O4/c1-7-3-12(15)11(6-16-7)13(18)17-5-9-4-10(14(19)20)8(2)21-9/h3-4,6H,5H2,1-2H3,(H,17,18)(H,19,20). The number of carbonyl (C=O) groups excluding carboxylic acids is 1. The van der Waals surface area contributed by atoms with Crippen LogP contribution in [0.5, 0.6) is 0 Å². The first kappa shape index (κ1) is 15.1. The van der Waals surface area contributed by atoms with Gasteiger partial charge in [-0.05, 0) is 26.0 Å². The Morgan fingerprint density at radius 2 is 2.05 bits per heavy atom. The number of hydrogen-bond donors (Lipinski definition) is 2. The molecule has 1 amide bonds. The van der Waals surface area contributed by atoms with Crippen molar-refractivity contribution in [1.29, 1.82) is 0 Å². The summed E-state index contributed by atoms with van der Waals surface area (Å²) in [5, 5.41) is 11.8. The Morgan fingerprint density at radius 3 is 2.62 bits per heavy atom. The molecular weight excluding hydrogens is 296 g/mol. The van der Waals surface area contributed by atoms with Crippen molar-refractivity contribution in [3.05, 3.63) is 51.7 Å². The van der Waals surface area contributed by atoms with Crippen LogP contribution >= 0.6 is 11.6 Å². The van der Waals surface area contributed by atoms with Gasteiger partial charge in [-0.25, -0.2) is 4.79 Å². The monoisotopic (exact) mass is 308 g/mol. The molecule has 0 aromatic carbocycles. The number of aryl methyl sites for hydroxylation is 2. The van der Waals surface area contributed by atoms with Crippen LogP contribution in [0.3, 0.4) is 0 Å². The van der Waals surface area contributed by atoms with E-state index in [1.807, 2.05) is 0 Å². The lowest BCUT2D eigenvalue weighted by Gasteiger charge is -2.05. The van der Waals surface area contributed by atoms with Gasteiger partial charge in [-0.1, -0.05) is 11.6 Å². The normalized spacial score (nSPS) is 10.4. The summed E-state index contributed by atoms with van der Waals surface area (Å²) in [6.07, 6.45) is 1.39. The molecule has 0 bridgehead atoms. The SMILES string of the molecule is Cc1cc(Cl)c(C(=O)NCc2cc(C(=O)O)c(C)o2)cn1. The maximum atomic E-state index is 12.0. The topological polar surface area (TPSA) is 92.4 Å². The number of aromatic carboxylic acids is 1. The number of aromatic nitrogens is 1. The van der Waals surface area contributed by atoms with Crippen LogP contribution in [-0.4, -0.2) is 22.0 Å². The van der Waals surface area contributed by atoms with Gasteiger partial charge in [0.2, 0.25) is 0 Å². The molecule has 0 unspecified atom stereocenters. The molecule has 0 aliphatic heterocycles. The van der Waals surface area contributed by atoms with Gasteiger partial charge in [0.05, 0.1) is 17.1 Å². The van der Waals surface area contributed by atoms with Gasteiger partial charge in [-0.3, -0.25) is 9.78 Å². The van der Waals surface area contributed by atoms with Gasteiger partial charge in [0.1, 0.15) is 17.1 Å². The summed E-state index contributed by atoms with van der Waals surface area (Å²) in [5.74, 6) is -0.825. The van der Waals surface area contributed by atoms with E-state index >= 15 is 0 Å². The predicted octanol–water partition coefficient (Wildman–Crippen LogP) is 2.57. The molecule has 0 radical (unpaired) electrons. The molecule has 0 aliphatic carbocycles. The smallest absolute Gasteiger partial charge is 0.339 e. The molecule has 0 atom stereocenters. The minimum atomic E-state index is -1.07. The lowest BCUT2D eigenvalue weighted by Crippen LogP contribution is -2.23. The number of amides is 1. The van der Waals surface area contributed by atoms with E-state index in [9.17, 15) is 9.59 Å². The molecule has 0 saturated carbocycles. The van der Waals surface area contributed by atoms with E-state index in [4.69, 9.17) is 21.1 Å². The molecule has 0 spiro atoms. The third-order valence-corrected chi connectivity index (χ3v) is 3.17. The Kier molecular flexibility index (Phi) is 4.28. The van der Waals surface area contributed by atoms with Crippen molar-refractivity contribution in [3.8, 4) is 0 Å². The summed E-state index contributed by atoms with van der Waals surface area (Å²) in [6, 6.07) is 2.98. The minimum Gasteiger partial charge on any atom is -0.478 e. The maximum Gasteiger partial charge on any atom is 0.339 e. The molecule has 2 aromatic rings. The minimum absolute atomic E-state index is 0.0666. The van der Waals surface area contributed by atoms with Crippen LogP contribution in [0.2, 0.25) is 5.02 Å². The Hall–Kier alpha value is -2.34. The zero-order valence-corrected chi connectivity index (χ0v) is 12.2. The molecule has 6 nitrogen and oxygen atoms in total. The Bertz CT molecular complexity index is 709. The van der Waals surface area contributed by atoms with E-state index in [1.165, 1.54) is 12.3 Å². The third kappa shape index (κ3) is 3.41. The molecule has 2 rings (SSSR count). The van der Waals surface area contributed by atoms with Crippen molar-refractivity contribution in [1.82, 2.24) is 10.3 Å². The number of carboxylic acid groups (broad SMARTS) is 1. The zero-order valence-electron chi connectivity index (χ0n) is 11.4. The summed E-state index contributed by atoms with van der Waals surface area (Å²) in [7, 11) is 0. The number of nitrogens with one attached hydrogen (secondary N) is 1. The van der Waals surface area contributed by atoms with Crippen molar-refractivity contribution in [2.75, 3.05) is 0 Å². The van der Waals surface area contributed by atoms with Gasteiger partial charge in [0.15, 0.2) is 0 Å². The maximum absolute atomic E-state index is 12.0. The fourth-order valence-electron chi connectivity index (χ4n) is 1.80. The van der Waals surface area contributed by atoms with E-state index in [0.717, 1.165) is 0 Å². The number of halogens is 1. The van der Waals surface area contributed by atoms with Crippen molar-refractivity contribution in [2.24, 2.45) is 0 Å². The highest BCUT2D eigenvalue weighted by atomic mass is 35.5. The number of pyridine rings is 1. The first-order chi connectivity index (χ1) is 9.88. The van der Waals surface area contributed by atoms with Crippen molar-refractivity contribution >= 4 is 23.5 Å². The van der Waals surface area contributed by atoms with Crippen LogP contribution in [0.25, 0.3) is 0 Å². The first-order valence-corrected chi connectivity index (χ1v) is 6.49. The van der Waals surface area contributed by atoms with Crippen LogP contribution < -0.4 is 5.32 Å². The summed E-state index contributed by atoms with van der Waals surface area (Å²) >= 11 is 5.98. The Balaban J connectivity index is 2.07. The molecule has 2 heterocycles. The highest BCUT2D eigenvalue weighted by Gasteiger charge is 2.15.